The number of rotatable bonds is 4. The summed E-state index contributed by atoms with van der Waals surface area (Å²) in [5.41, 5.74) is 0.880. The summed E-state index contributed by atoms with van der Waals surface area (Å²) in [6, 6.07) is 7.26. The molecule has 116 valence electrons. The fourth-order valence-corrected chi connectivity index (χ4v) is 2.65. The molecular weight excluding hydrogens is 326 g/mol. The number of carbonyl (C=O) groups excluding carboxylic acids is 2. The van der Waals surface area contributed by atoms with Crippen molar-refractivity contribution in [1.29, 1.82) is 0 Å². The van der Waals surface area contributed by atoms with E-state index in [-0.39, 0.29) is 0 Å². The molecule has 0 bridgehead atoms. The van der Waals surface area contributed by atoms with Crippen LogP contribution in [0.4, 0.5) is 4.79 Å². The van der Waals surface area contributed by atoms with Gasteiger partial charge in [0.05, 0.1) is 12.4 Å². The Kier molecular flexibility index (Phi) is 5.46. The Labute approximate surface area is 136 Å². The molecule has 2 rings (SSSR count). The number of hydrogen-bond donors (Lipinski definition) is 1. The van der Waals surface area contributed by atoms with Crippen LogP contribution < -0.4 is 5.32 Å². The number of benzene rings is 1. The van der Waals surface area contributed by atoms with Crippen LogP contribution in [0.5, 0.6) is 0 Å². The molecule has 2 aromatic rings. The van der Waals surface area contributed by atoms with Crippen molar-refractivity contribution in [2.45, 2.75) is 17.3 Å². The molecule has 1 heterocycles. The van der Waals surface area contributed by atoms with Gasteiger partial charge in [-0.25, -0.2) is 9.78 Å². The first-order valence-corrected chi connectivity index (χ1v) is 7.61. The Bertz CT molecular complexity index is 672. The van der Waals surface area contributed by atoms with Crippen molar-refractivity contribution >= 4 is 35.4 Å². The molecule has 1 atom stereocenters. The van der Waals surface area contributed by atoms with E-state index in [0.29, 0.717) is 10.2 Å². The number of amides is 2. The van der Waals surface area contributed by atoms with Gasteiger partial charge in [0.25, 0.3) is 0 Å². The van der Waals surface area contributed by atoms with E-state index in [4.69, 9.17) is 11.6 Å². The quantitative estimate of drug-likeness (QED) is 0.867. The smallest absolute Gasteiger partial charge is 0.413 e. The number of imidazole rings is 1. The van der Waals surface area contributed by atoms with Gasteiger partial charge in [-0.05, 0) is 31.2 Å². The monoisotopic (exact) mass is 339 g/mol. The standard InChI is InChI=1S/C14H14ClN3O3S/c1-9(12(19)17-14(20)21-2)22-13-16-7-8-18(13)11-5-3-10(15)4-6-11/h3-9H,1-2H3,(H,17,19,20)/t9-/m1/s1. The van der Waals surface area contributed by atoms with Gasteiger partial charge in [-0.3, -0.25) is 14.7 Å². The SMILES string of the molecule is COC(=O)NC(=O)[C@@H](C)Sc1nccn1-c1ccc(Cl)cc1. The minimum atomic E-state index is -0.779. The number of aromatic nitrogens is 2. The van der Waals surface area contributed by atoms with E-state index in [0.717, 1.165) is 5.69 Å². The molecule has 2 amide bonds. The second kappa shape index (κ2) is 7.33. The molecule has 1 N–H and O–H groups in total. The number of hydrogen-bond acceptors (Lipinski definition) is 5. The zero-order valence-electron chi connectivity index (χ0n) is 11.9. The van der Waals surface area contributed by atoms with Gasteiger partial charge >= 0.3 is 6.09 Å². The summed E-state index contributed by atoms with van der Waals surface area (Å²) in [4.78, 5) is 27.1. The Morgan fingerprint density at radius 1 is 1.36 bits per heavy atom. The summed E-state index contributed by atoms with van der Waals surface area (Å²) in [6.45, 7) is 1.68. The van der Waals surface area contributed by atoms with Crippen molar-refractivity contribution in [3.05, 3.63) is 41.7 Å². The Balaban J connectivity index is 2.11. The number of alkyl carbamates (subject to hydrolysis) is 1. The maximum atomic E-state index is 11.8. The van der Waals surface area contributed by atoms with E-state index in [1.165, 1.54) is 18.9 Å². The second-order valence-corrected chi connectivity index (χ2v) is 6.04. The van der Waals surface area contributed by atoms with Gasteiger partial charge in [0.2, 0.25) is 5.91 Å². The number of halogens is 1. The van der Waals surface area contributed by atoms with Crippen molar-refractivity contribution in [2.75, 3.05) is 7.11 Å². The molecule has 0 saturated carbocycles. The number of methoxy groups -OCH3 is 1. The maximum Gasteiger partial charge on any atom is 0.413 e. The molecule has 0 aliphatic rings. The molecule has 0 spiro atoms. The third kappa shape index (κ3) is 4.02. The largest absolute Gasteiger partial charge is 0.453 e. The van der Waals surface area contributed by atoms with Gasteiger partial charge < -0.3 is 4.74 Å². The van der Waals surface area contributed by atoms with E-state index in [2.05, 4.69) is 15.0 Å². The summed E-state index contributed by atoms with van der Waals surface area (Å²) in [6.07, 6.45) is 2.65. The number of ether oxygens (including phenoxy) is 1. The first-order valence-electron chi connectivity index (χ1n) is 6.36. The zero-order valence-corrected chi connectivity index (χ0v) is 13.5. The number of nitrogens with one attached hydrogen (secondary N) is 1. The van der Waals surface area contributed by atoms with Gasteiger partial charge in [-0.1, -0.05) is 23.4 Å². The van der Waals surface area contributed by atoms with Crippen LogP contribution in [0.2, 0.25) is 5.02 Å². The van der Waals surface area contributed by atoms with E-state index < -0.39 is 17.3 Å². The summed E-state index contributed by atoms with van der Waals surface area (Å²) in [5.74, 6) is -0.442. The van der Waals surface area contributed by atoms with Crippen molar-refractivity contribution in [3.63, 3.8) is 0 Å². The topological polar surface area (TPSA) is 73.2 Å². The lowest BCUT2D eigenvalue weighted by Crippen LogP contribution is -2.35. The molecule has 1 aromatic carbocycles. The van der Waals surface area contributed by atoms with Crippen LogP contribution >= 0.6 is 23.4 Å². The third-order valence-electron chi connectivity index (χ3n) is 2.77. The number of carbonyl (C=O) groups is 2. The molecule has 0 aliphatic heterocycles. The van der Waals surface area contributed by atoms with E-state index in [1.807, 2.05) is 16.7 Å². The lowest BCUT2D eigenvalue weighted by atomic mass is 10.3. The fraction of sp³-hybridized carbons (Fsp3) is 0.214. The zero-order chi connectivity index (χ0) is 16.1. The summed E-state index contributed by atoms with van der Waals surface area (Å²) in [7, 11) is 1.20. The number of nitrogens with zero attached hydrogens (tertiary/aromatic N) is 2. The van der Waals surface area contributed by atoms with Crippen LogP contribution in [0, 0.1) is 0 Å². The summed E-state index contributed by atoms with van der Waals surface area (Å²) >= 11 is 7.11. The average Bonchev–Trinajstić information content (AvgIpc) is 2.95. The molecular formula is C14H14ClN3O3S. The van der Waals surface area contributed by atoms with Gasteiger partial charge in [0.15, 0.2) is 5.16 Å². The van der Waals surface area contributed by atoms with Crippen molar-refractivity contribution in [2.24, 2.45) is 0 Å². The summed E-state index contributed by atoms with van der Waals surface area (Å²) in [5, 5.41) is 2.90. The molecule has 22 heavy (non-hydrogen) atoms. The highest BCUT2D eigenvalue weighted by molar-refractivity contribution is 8.00. The van der Waals surface area contributed by atoms with Gasteiger partial charge in [0, 0.05) is 23.1 Å². The van der Waals surface area contributed by atoms with Gasteiger partial charge in [-0.2, -0.15) is 0 Å². The molecule has 1 aromatic heterocycles. The summed E-state index contributed by atoms with van der Waals surface area (Å²) < 4.78 is 6.23. The fourth-order valence-electron chi connectivity index (χ4n) is 1.64. The molecule has 0 saturated heterocycles. The minimum absolute atomic E-state index is 0.442. The molecule has 6 nitrogen and oxygen atoms in total. The number of imide groups is 1. The lowest BCUT2D eigenvalue weighted by molar-refractivity contribution is -0.119. The predicted octanol–water partition coefficient (Wildman–Crippen LogP) is 2.89. The van der Waals surface area contributed by atoms with Crippen molar-refractivity contribution in [3.8, 4) is 5.69 Å². The van der Waals surface area contributed by atoms with Crippen molar-refractivity contribution in [1.82, 2.24) is 14.9 Å². The normalized spacial score (nSPS) is 11.8. The van der Waals surface area contributed by atoms with E-state index in [9.17, 15) is 9.59 Å². The highest BCUT2D eigenvalue weighted by Gasteiger charge is 2.19. The van der Waals surface area contributed by atoms with Gasteiger partial charge in [0.1, 0.15) is 0 Å². The molecule has 0 radical (unpaired) electrons. The Morgan fingerprint density at radius 3 is 2.68 bits per heavy atom. The van der Waals surface area contributed by atoms with E-state index >= 15 is 0 Å². The predicted molar refractivity (Wildman–Crippen MR) is 84.4 cm³/mol. The third-order valence-corrected chi connectivity index (χ3v) is 4.11. The van der Waals surface area contributed by atoms with E-state index in [1.54, 1.807) is 31.5 Å². The van der Waals surface area contributed by atoms with Crippen LogP contribution in [0.15, 0.2) is 41.8 Å². The molecule has 0 aliphatic carbocycles. The van der Waals surface area contributed by atoms with Crippen LogP contribution in [-0.4, -0.2) is 33.9 Å². The average molecular weight is 340 g/mol. The van der Waals surface area contributed by atoms with Crippen LogP contribution in [0.25, 0.3) is 5.69 Å². The van der Waals surface area contributed by atoms with Crippen molar-refractivity contribution < 1.29 is 14.3 Å². The van der Waals surface area contributed by atoms with Crippen LogP contribution in [-0.2, 0) is 9.53 Å². The Morgan fingerprint density at radius 2 is 2.05 bits per heavy atom. The minimum Gasteiger partial charge on any atom is -0.453 e. The molecule has 8 heteroatoms. The van der Waals surface area contributed by atoms with Crippen LogP contribution in [0.1, 0.15) is 6.92 Å². The molecule has 0 unspecified atom stereocenters. The Hall–Kier alpha value is -1.99. The number of thioether (sulfide) groups is 1. The molecule has 0 fully saturated rings. The second-order valence-electron chi connectivity index (χ2n) is 4.30. The van der Waals surface area contributed by atoms with Gasteiger partial charge in [-0.15, -0.1) is 0 Å². The lowest BCUT2D eigenvalue weighted by Gasteiger charge is -2.12. The first kappa shape index (κ1) is 16.4. The maximum absolute atomic E-state index is 11.8. The highest BCUT2D eigenvalue weighted by Crippen LogP contribution is 2.25. The highest BCUT2D eigenvalue weighted by atomic mass is 35.5. The van der Waals surface area contributed by atoms with Crippen LogP contribution in [0.3, 0.4) is 0 Å². The first-order chi connectivity index (χ1) is 10.5.